The van der Waals surface area contributed by atoms with E-state index in [1.807, 2.05) is 41.4 Å². The third-order valence-electron chi connectivity index (χ3n) is 5.37. The van der Waals surface area contributed by atoms with Gasteiger partial charge in [0.1, 0.15) is 11.8 Å². The summed E-state index contributed by atoms with van der Waals surface area (Å²) >= 11 is 5.76. The van der Waals surface area contributed by atoms with E-state index in [4.69, 9.17) is 17.0 Å². The summed E-state index contributed by atoms with van der Waals surface area (Å²) in [5.41, 5.74) is 3.12. The molecule has 0 spiro atoms. The molecule has 4 rings (SSSR count). The molecule has 0 unspecified atom stereocenters. The molecule has 1 saturated heterocycles. The molecule has 0 radical (unpaired) electrons. The average Bonchev–Trinajstić information content (AvgIpc) is 3.37. The lowest BCUT2D eigenvalue weighted by molar-refractivity contribution is 0.417. The van der Waals surface area contributed by atoms with Gasteiger partial charge in [-0.05, 0) is 55.5 Å². The molecule has 2 N–H and O–H groups in total. The number of aryl methyl sites for hydroxylation is 1. The number of nitrogens with one attached hydrogen (secondary N) is 2. The first-order valence-electron chi connectivity index (χ1n) is 10.1. The molecule has 3 heterocycles. The van der Waals surface area contributed by atoms with Gasteiger partial charge in [0, 0.05) is 36.4 Å². The van der Waals surface area contributed by atoms with E-state index in [2.05, 4.69) is 32.6 Å². The van der Waals surface area contributed by atoms with Crippen molar-refractivity contribution in [3.8, 4) is 5.75 Å². The van der Waals surface area contributed by atoms with Crippen LogP contribution in [0.2, 0.25) is 0 Å². The Morgan fingerprint density at radius 1 is 1.22 bits per heavy atom. The lowest BCUT2D eigenvalue weighted by Crippen LogP contribution is -2.30. The minimum atomic E-state index is -3.45. The third kappa shape index (κ3) is 4.28. The summed E-state index contributed by atoms with van der Waals surface area (Å²) in [5.74, 6) is 0.404. The van der Waals surface area contributed by atoms with Crippen LogP contribution in [0.1, 0.15) is 30.4 Å². The van der Waals surface area contributed by atoms with Gasteiger partial charge in [-0.2, -0.15) is 0 Å². The summed E-state index contributed by atoms with van der Waals surface area (Å²) in [4.78, 5) is 6.60. The fourth-order valence-corrected chi connectivity index (χ4v) is 4.95. The monoisotopic (exact) mass is 471 g/mol. The summed E-state index contributed by atoms with van der Waals surface area (Å²) in [7, 11) is -1.94. The second kappa shape index (κ2) is 8.79. The molecule has 1 aromatic carbocycles. The van der Waals surface area contributed by atoms with Crippen molar-refractivity contribution in [2.24, 2.45) is 0 Å². The van der Waals surface area contributed by atoms with Gasteiger partial charge in [0.2, 0.25) is 10.0 Å². The minimum absolute atomic E-state index is 0.161. The summed E-state index contributed by atoms with van der Waals surface area (Å²) in [6.45, 7) is 2.91. The molecule has 10 heteroatoms. The van der Waals surface area contributed by atoms with Gasteiger partial charge in [0.05, 0.1) is 30.8 Å². The lowest BCUT2D eigenvalue weighted by Gasteiger charge is -2.29. The normalized spacial score (nSPS) is 18.5. The fraction of sp³-hybridized carbons (Fsp3) is 0.273. The van der Waals surface area contributed by atoms with Crippen LogP contribution in [-0.2, 0) is 16.6 Å². The molecule has 2 atom stereocenters. The third-order valence-corrected chi connectivity index (χ3v) is 6.27. The van der Waals surface area contributed by atoms with Crippen molar-refractivity contribution in [1.82, 2.24) is 14.9 Å². The smallest absolute Gasteiger partial charge is 0.229 e. The zero-order valence-corrected chi connectivity index (χ0v) is 19.7. The molecule has 0 saturated carbocycles. The Morgan fingerprint density at radius 2 is 2.03 bits per heavy atom. The number of aromatic nitrogens is 2. The molecular formula is C22H25N5O3S2. The van der Waals surface area contributed by atoms with Gasteiger partial charge in [-0.3, -0.25) is 9.71 Å². The van der Waals surface area contributed by atoms with E-state index in [0.29, 0.717) is 16.5 Å². The Bertz CT molecular complexity index is 1230. The summed E-state index contributed by atoms with van der Waals surface area (Å²) in [5, 5.41) is 3.98. The SMILES string of the molecule is CCn1cccc1[C@@H]1[C@H](c2ccccn2)NC(=S)N1c1ccc(NS(C)(=O)=O)c(OC)c1. The number of ether oxygens (including phenoxy) is 1. The summed E-state index contributed by atoms with van der Waals surface area (Å²) in [6, 6.07) is 14.9. The first kappa shape index (κ1) is 22.1. The van der Waals surface area contributed by atoms with Crippen LogP contribution < -0.4 is 19.7 Å². The van der Waals surface area contributed by atoms with Gasteiger partial charge in [0.25, 0.3) is 0 Å². The van der Waals surface area contributed by atoms with Gasteiger partial charge in [-0.15, -0.1) is 0 Å². The highest BCUT2D eigenvalue weighted by molar-refractivity contribution is 7.92. The Kier molecular flexibility index (Phi) is 6.07. The number of anilines is 2. The predicted octanol–water partition coefficient (Wildman–Crippen LogP) is 3.46. The molecule has 1 aliphatic rings. The maximum Gasteiger partial charge on any atom is 0.229 e. The van der Waals surface area contributed by atoms with E-state index < -0.39 is 10.0 Å². The highest BCUT2D eigenvalue weighted by Crippen LogP contribution is 2.43. The zero-order valence-electron chi connectivity index (χ0n) is 18.0. The number of sulfonamides is 1. The molecule has 32 heavy (non-hydrogen) atoms. The molecular weight excluding hydrogens is 446 g/mol. The predicted molar refractivity (Wildman–Crippen MR) is 129 cm³/mol. The van der Waals surface area contributed by atoms with Crippen LogP contribution in [0.5, 0.6) is 5.75 Å². The van der Waals surface area contributed by atoms with Gasteiger partial charge in [-0.1, -0.05) is 6.07 Å². The van der Waals surface area contributed by atoms with Crippen molar-refractivity contribution < 1.29 is 13.2 Å². The number of hydrogen-bond donors (Lipinski definition) is 2. The van der Waals surface area contributed by atoms with E-state index >= 15 is 0 Å². The maximum atomic E-state index is 11.7. The number of benzene rings is 1. The van der Waals surface area contributed by atoms with Crippen LogP contribution in [0.15, 0.2) is 60.9 Å². The van der Waals surface area contributed by atoms with E-state index in [-0.39, 0.29) is 12.1 Å². The zero-order chi connectivity index (χ0) is 22.9. The van der Waals surface area contributed by atoms with E-state index in [9.17, 15) is 8.42 Å². The van der Waals surface area contributed by atoms with Crippen LogP contribution in [-0.4, -0.2) is 36.4 Å². The van der Waals surface area contributed by atoms with Gasteiger partial charge >= 0.3 is 0 Å². The van der Waals surface area contributed by atoms with Crippen LogP contribution in [0, 0.1) is 0 Å². The van der Waals surface area contributed by atoms with Crippen molar-refractivity contribution in [3.63, 3.8) is 0 Å². The van der Waals surface area contributed by atoms with Crippen molar-refractivity contribution >= 4 is 38.7 Å². The summed E-state index contributed by atoms with van der Waals surface area (Å²) < 4.78 is 33.6. The molecule has 2 aromatic heterocycles. The number of nitrogens with zero attached hydrogens (tertiary/aromatic N) is 3. The van der Waals surface area contributed by atoms with Crippen molar-refractivity contribution in [1.29, 1.82) is 0 Å². The standard InChI is InChI=1S/C22H25N5O3S2/c1-4-26-13-7-9-18(26)21-20(17-8-5-6-12-23-17)24-22(31)27(21)15-10-11-16(19(14-15)30-2)25-32(3,28)29/h5-14,20-21,25H,4H2,1-3H3,(H,24,31)/t20-,21+/m0/s1. The topological polar surface area (TPSA) is 88.5 Å². The van der Waals surface area contributed by atoms with Gasteiger partial charge in [0.15, 0.2) is 5.11 Å². The van der Waals surface area contributed by atoms with E-state index in [1.54, 1.807) is 18.3 Å². The Morgan fingerprint density at radius 3 is 2.69 bits per heavy atom. The first-order chi connectivity index (χ1) is 15.3. The molecule has 0 aliphatic carbocycles. The maximum absolute atomic E-state index is 11.7. The highest BCUT2D eigenvalue weighted by atomic mass is 32.2. The van der Waals surface area contributed by atoms with Crippen LogP contribution in [0.25, 0.3) is 0 Å². The second-order valence-corrected chi connectivity index (χ2v) is 9.61. The fourth-order valence-electron chi connectivity index (χ4n) is 4.03. The number of methoxy groups -OCH3 is 1. The van der Waals surface area contributed by atoms with Crippen molar-refractivity contribution in [2.45, 2.75) is 25.6 Å². The summed E-state index contributed by atoms with van der Waals surface area (Å²) in [6.07, 6.45) is 4.92. The molecule has 1 aliphatic heterocycles. The first-order valence-corrected chi connectivity index (χ1v) is 12.4. The van der Waals surface area contributed by atoms with Gasteiger partial charge in [-0.25, -0.2) is 8.42 Å². The van der Waals surface area contributed by atoms with Crippen LogP contribution in [0.3, 0.4) is 0 Å². The number of hydrogen-bond acceptors (Lipinski definition) is 5. The minimum Gasteiger partial charge on any atom is -0.494 e. The quantitative estimate of drug-likeness (QED) is 0.510. The molecule has 168 valence electrons. The Hall–Kier alpha value is -3.11. The molecule has 0 bridgehead atoms. The number of thiocarbonyl (C=S) groups is 1. The van der Waals surface area contributed by atoms with Crippen LogP contribution in [0.4, 0.5) is 11.4 Å². The van der Waals surface area contributed by atoms with E-state index in [0.717, 1.165) is 29.9 Å². The Labute approximate surface area is 193 Å². The Balaban J connectivity index is 1.82. The van der Waals surface area contributed by atoms with Crippen molar-refractivity contribution in [2.75, 3.05) is 23.0 Å². The second-order valence-electron chi connectivity index (χ2n) is 7.47. The lowest BCUT2D eigenvalue weighted by atomic mass is 10.0. The van der Waals surface area contributed by atoms with Crippen LogP contribution >= 0.6 is 12.2 Å². The largest absolute Gasteiger partial charge is 0.494 e. The molecule has 1 fully saturated rings. The average molecular weight is 472 g/mol. The molecule has 3 aromatic rings. The van der Waals surface area contributed by atoms with Gasteiger partial charge < -0.3 is 19.5 Å². The molecule has 0 amide bonds. The van der Waals surface area contributed by atoms with E-state index in [1.165, 1.54) is 7.11 Å². The number of pyridine rings is 1. The van der Waals surface area contributed by atoms with Crippen molar-refractivity contribution in [3.05, 3.63) is 72.3 Å². The number of rotatable bonds is 7. The molecule has 8 nitrogen and oxygen atoms in total. The highest BCUT2D eigenvalue weighted by Gasteiger charge is 2.42.